The van der Waals surface area contributed by atoms with Crippen molar-refractivity contribution in [3.05, 3.63) is 69.8 Å². The number of nitrogens with one attached hydrogen (secondary N) is 1. The zero-order chi connectivity index (χ0) is 21.3. The number of carboxylic acids is 1. The van der Waals surface area contributed by atoms with Crippen LogP contribution in [0.4, 0.5) is 5.69 Å². The third kappa shape index (κ3) is 4.25. The van der Waals surface area contributed by atoms with Gasteiger partial charge in [0.05, 0.1) is 10.7 Å². The SMILES string of the molecule is C=C1CCc2cc(-c3cc(-c4nc(SCC(=O)O)n[nH]4)cc([N+](=O)[O-])c3)ccc2C1. The minimum atomic E-state index is -0.972. The number of carbonyl (C=O) groups is 1. The molecule has 30 heavy (non-hydrogen) atoms. The molecular weight excluding hydrogens is 404 g/mol. The highest BCUT2D eigenvalue weighted by atomic mass is 32.2. The zero-order valence-corrected chi connectivity index (χ0v) is 16.7. The van der Waals surface area contributed by atoms with Gasteiger partial charge in [-0.2, -0.15) is 0 Å². The van der Waals surface area contributed by atoms with Crippen LogP contribution in [0.1, 0.15) is 17.5 Å². The highest BCUT2D eigenvalue weighted by molar-refractivity contribution is 7.99. The molecule has 0 aliphatic heterocycles. The number of fused-ring (bicyclic) bond motifs is 1. The van der Waals surface area contributed by atoms with Crippen molar-refractivity contribution in [3.8, 4) is 22.5 Å². The summed E-state index contributed by atoms with van der Waals surface area (Å²) < 4.78 is 0. The second-order valence-electron chi connectivity index (χ2n) is 7.08. The zero-order valence-electron chi connectivity index (χ0n) is 15.9. The van der Waals surface area contributed by atoms with E-state index in [1.54, 1.807) is 6.07 Å². The molecule has 0 spiro atoms. The maximum Gasteiger partial charge on any atom is 0.313 e. The van der Waals surface area contributed by atoms with E-state index in [9.17, 15) is 14.9 Å². The van der Waals surface area contributed by atoms with Gasteiger partial charge in [-0.1, -0.05) is 42.1 Å². The Balaban J connectivity index is 1.71. The van der Waals surface area contributed by atoms with Crippen molar-refractivity contribution in [2.75, 3.05) is 5.75 Å². The Morgan fingerprint density at radius 2 is 1.97 bits per heavy atom. The number of hydrogen-bond donors (Lipinski definition) is 2. The van der Waals surface area contributed by atoms with Crippen molar-refractivity contribution in [1.82, 2.24) is 15.2 Å². The number of benzene rings is 2. The first-order valence-corrected chi connectivity index (χ1v) is 10.2. The van der Waals surface area contributed by atoms with E-state index in [4.69, 9.17) is 5.11 Å². The van der Waals surface area contributed by atoms with Gasteiger partial charge in [0.15, 0.2) is 5.82 Å². The minimum Gasteiger partial charge on any atom is -0.481 e. The average Bonchev–Trinajstić information content (AvgIpc) is 3.20. The first kappa shape index (κ1) is 19.8. The fraction of sp³-hybridized carbons (Fsp3) is 0.190. The van der Waals surface area contributed by atoms with Crippen molar-refractivity contribution >= 4 is 23.4 Å². The van der Waals surface area contributed by atoms with Gasteiger partial charge in [0, 0.05) is 17.7 Å². The number of nitro groups is 1. The lowest BCUT2D eigenvalue weighted by atomic mass is 9.86. The molecule has 0 radical (unpaired) electrons. The van der Waals surface area contributed by atoms with Crippen molar-refractivity contribution in [2.24, 2.45) is 0 Å². The summed E-state index contributed by atoms with van der Waals surface area (Å²) in [6.07, 6.45) is 2.73. The number of aliphatic carboxylic acids is 1. The predicted octanol–water partition coefficient (Wildman–Crippen LogP) is 4.27. The lowest BCUT2D eigenvalue weighted by molar-refractivity contribution is -0.384. The summed E-state index contributed by atoms with van der Waals surface area (Å²) in [5, 5.41) is 27.3. The fourth-order valence-electron chi connectivity index (χ4n) is 3.47. The molecule has 1 aromatic heterocycles. The maximum atomic E-state index is 11.5. The molecule has 9 heteroatoms. The van der Waals surface area contributed by atoms with Gasteiger partial charge in [-0.3, -0.25) is 20.0 Å². The summed E-state index contributed by atoms with van der Waals surface area (Å²) >= 11 is 0.977. The molecule has 4 rings (SSSR count). The van der Waals surface area contributed by atoms with Crippen LogP contribution in [-0.2, 0) is 17.6 Å². The van der Waals surface area contributed by atoms with E-state index in [0.717, 1.165) is 36.6 Å². The Morgan fingerprint density at radius 3 is 2.73 bits per heavy atom. The summed E-state index contributed by atoms with van der Waals surface area (Å²) in [5.41, 5.74) is 5.77. The lowest BCUT2D eigenvalue weighted by Crippen LogP contribution is -2.04. The van der Waals surface area contributed by atoms with E-state index in [1.807, 2.05) is 12.1 Å². The molecule has 152 valence electrons. The number of H-pyrrole nitrogens is 1. The summed E-state index contributed by atoms with van der Waals surface area (Å²) in [5.74, 6) is -0.791. The van der Waals surface area contributed by atoms with Crippen LogP contribution < -0.4 is 0 Å². The lowest BCUT2D eigenvalue weighted by Gasteiger charge is -2.19. The number of hydrogen-bond acceptors (Lipinski definition) is 6. The van der Waals surface area contributed by atoms with Gasteiger partial charge in [-0.05, 0) is 47.6 Å². The van der Waals surface area contributed by atoms with Crippen molar-refractivity contribution in [3.63, 3.8) is 0 Å². The molecule has 0 saturated heterocycles. The molecule has 0 bridgehead atoms. The normalized spacial score (nSPS) is 13.1. The minimum absolute atomic E-state index is 0.0512. The summed E-state index contributed by atoms with van der Waals surface area (Å²) in [4.78, 5) is 26.1. The largest absolute Gasteiger partial charge is 0.481 e. The molecule has 2 N–H and O–H groups in total. The van der Waals surface area contributed by atoms with Crippen LogP contribution in [0.3, 0.4) is 0 Å². The van der Waals surface area contributed by atoms with Crippen LogP contribution in [-0.4, -0.2) is 36.9 Å². The number of aromatic nitrogens is 3. The Labute approximate surface area is 176 Å². The molecule has 0 amide bonds. The number of allylic oxidation sites excluding steroid dienone is 1. The van der Waals surface area contributed by atoms with Crippen LogP contribution >= 0.6 is 11.8 Å². The molecule has 1 aliphatic rings. The molecule has 1 aliphatic carbocycles. The van der Waals surface area contributed by atoms with Crippen LogP contribution in [0.5, 0.6) is 0 Å². The van der Waals surface area contributed by atoms with Gasteiger partial charge in [-0.15, -0.1) is 5.10 Å². The van der Waals surface area contributed by atoms with Crippen LogP contribution in [0.15, 0.2) is 53.7 Å². The molecular formula is C21H18N4O4S. The third-order valence-corrected chi connectivity index (χ3v) is 5.75. The first-order valence-electron chi connectivity index (χ1n) is 9.25. The molecule has 3 aromatic rings. The van der Waals surface area contributed by atoms with Gasteiger partial charge in [0.25, 0.3) is 5.69 Å². The van der Waals surface area contributed by atoms with E-state index in [1.165, 1.54) is 22.8 Å². The Kier molecular flexibility index (Phi) is 5.37. The molecule has 0 atom stereocenters. The molecule has 0 fully saturated rings. The smallest absolute Gasteiger partial charge is 0.313 e. The number of nitro benzene ring substituents is 1. The highest BCUT2D eigenvalue weighted by Gasteiger charge is 2.17. The van der Waals surface area contributed by atoms with E-state index >= 15 is 0 Å². The number of aryl methyl sites for hydroxylation is 1. The predicted molar refractivity (Wildman–Crippen MR) is 113 cm³/mol. The number of aromatic amines is 1. The third-order valence-electron chi connectivity index (χ3n) is 4.92. The van der Waals surface area contributed by atoms with Crippen molar-refractivity contribution < 1.29 is 14.8 Å². The van der Waals surface area contributed by atoms with Crippen LogP contribution in [0.25, 0.3) is 22.5 Å². The number of carboxylic acid groups (broad SMARTS) is 1. The number of rotatable bonds is 6. The van der Waals surface area contributed by atoms with Gasteiger partial charge in [-0.25, -0.2) is 4.98 Å². The van der Waals surface area contributed by atoms with Gasteiger partial charge >= 0.3 is 5.97 Å². The number of non-ortho nitro benzene ring substituents is 1. The molecule has 8 nitrogen and oxygen atoms in total. The van der Waals surface area contributed by atoms with E-state index in [2.05, 4.69) is 33.9 Å². The topological polar surface area (TPSA) is 122 Å². The second kappa shape index (κ2) is 8.11. The van der Waals surface area contributed by atoms with Gasteiger partial charge in [0.2, 0.25) is 5.16 Å². The monoisotopic (exact) mass is 422 g/mol. The standard InChI is InChI=1S/C21H18N4O4S/c1-12-2-3-14-7-15(5-4-13(14)6-12)16-8-17(10-18(9-16)25(28)29)20-22-21(24-23-20)30-11-19(26)27/h4-5,7-10H,1-3,6,11H2,(H,26,27)(H,22,23,24). The van der Waals surface area contributed by atoms with Gasteiger partial charge in [0.1, 0.15) is 0 Å². The Bertz CT molecular complexity index is 1170. The Hall–Kier alpha value is -3.46. The van der Waals surface area contributed by atoms with Crippen LogP contribution in [0, 0.1) is 10.1 Å². The summed E-state index contributed by atoms with van der Waals surface area (Å²) in [6, 6.07) is 10.9. The van der Waals surface area contributed by atoms with Gasteiger partial charge < -0.3 is 5.11 Å². The van der Waals surface area contributed by atoms with Crippen molar-refractivity contribution in [1.29, 1.82) is 0 Å². The number of thioether (sulfide) groups is 1. The van der Waals surface area contributed by atoms with E-state index in [-0.39, 0.29) is 16.6 Å². The number of nitrogens with zero attached hydrogens (tertiary/aromatic N) is 3. The maximum absolute atomic E-state index is 11.5. The quantitative estimate of drug-likeness (QED) is 0.263. The van der Waals surface area contributed by atoms with Crippen LogP contribution in [0.2, 0.25) is 0 Å². The fourth-order valence-corrected chi connectivity index (χ4v) is 3.98. The molecule has 2 aromatic carbocycles. The van der Waals surface area contributed by atoms with E-state index < -0.39 is 10.9 Å². The van der Waals surface area contributed by atoms with E-state index in [0.29, 0.717) is 17.0 Å². The molecule has 0 unspecified atom stereocenters. The molecule has 1 heterocycles. The second-order valence-corrected chi connectivity index (χ2v) is 8.03. The Morgan fingerprint density at radius 1 is 1.17 bits per heavy atom. The summed E-state index contributed by atoms with van der Waals surface area (Å²) in [7, 11) is 0. The molecule has 0 saturated carbocycles. The highest BCUT2D eigenvalue weighted by Crippen LogP contribution is 2.33. The average molecular weight is 422 g/mol. The summed E-state index contributed by atoms with van der Waals surface area (Å²) in [6.45, 7) is 4.07. The van der Waals surface area contributed by atoms with Crippen molar-refractivity contribution in [2.45, 2.75) is 24.4 Å². The first-order chi connectivity index (χ1) is 14.4.